The van der Waals surface area contributed by atoms with E-state index in [0.717, 1.165) is 5.56 Å². The van der Waals surface area contributed by atoms with Crippen LogP contribution in [0.4, 0.5) is 9.18 Å². The largest absolute Gasteiger partial charge is 0.444 e. The van der Waals surface area contributed by atoms with Crippen LogP contribution in [0, 0.1) is 5.82 Å². The lowest BCUT2D eigenvalue weighted by molar-refractivity contribution is 0.0494. The second-order valence-corrected chi connectivity index (χ2v) is 10.0. The molecule has 1 atom stereocenters. The average molecular weight is 462 g/mol. The van der Waals surface area contributed by atoms with Gasteiger partial charge in [0.15, 0.2) is 0 Å². The molecule has 10 heteroatoms. The number of hydrogen-bond donors (Lipinski definition) is 1. The van der Waals surface area contributed by atoms with Crippen LogP contribution >= 0.6 is 0 Å². The minimum Gasteiger partial charge on any atom is -0.444 e. The summed E-state index contributed by atoms with van der Waals surface area (Å²) in [5.41, 5.74) is 0.104. The Morgan fingerprint density at radius 2 is 1.75 bits per heavy atom. The standard InChI is InChI=1S/C22H24FN3O5S/c1-22(2,3)31-20(27)24-18(13-15-9-5-4-6-10-15)19-25-26-21(30-19)32(28,29)14-16-11-7-8-12-17(16)23/h4-12,18H,13-14H2,1-3H3,(H,24,27)/t18-/m0/s1. The fourth-order valence-corrected chi connectivity index (χ4v) is 4.01. The van der Waals surface area contributed by atoms with Gasteiger partial charge in [-0.25, -0.2) is 17.6 Å². The maximum atomic E-state index is 13.9. The van der Waals surface area contributed by atoms with Gasteiger partial charge in [0, 0.05) is 12.0 Å². The molecule has 3 rings (SSSR count). The molecule has 0 fully saturated rings. The SMILES string of the molecule is CC(C)(C)OC(=O)N[C@@H](Cc1ccccc1)c1nnc(S(=O)(=O)Cc2ccccc2F)o1. The summed E-state index contributed by atoms with van der Waals surface area (Å²) in [5.74, 6) is -1.39. The van der Waals surface area contributed by atoms with Gasteiger partial charge in [-0.05, 0) is 32.4 Å². The number of nitrogens with one attached hydrogen (secondary N) is 1. The third-order valence-electron chi connectivity index (χ3n) is 4.26. The van der Waals surface area contributed by atoms with Gasteiger partial charge in [-0.1, -0.05) is 53.6 Å². The molecule has 0 aliphatic heterocycles. The van der Waals surface area contributed by atoms with E-state index in [4.69, 9.17) is 9.15 Å². The van der Waals surface area contributed by atoms with Crippen molar-refractivity contribution in [1.29, 1.82) is 0 Å². The van der Waals surface area contributed by atoms with Crippen LogP contribution in [-0.4, -0.2) is 30.3 Å². The first-order valence-corrected chi connectivity index (χ1v) is 11.5. The Labute approximate surface area is 185 Å². The first kappa shape index (κ1) is 23.4. The summed E-state index contributed by atoms with van der Waals surface area (Å²) >= 11 is 0. The van der Waals surface area contributed by atoms with Gasteiger partial charge in [-0.2, -0.15) is 0 Å². The fourth-order valence-electron chi connectivity index (χ4n) is 2.87. The quantitative estimate of drug-likeness (QED) is 0.566. The number of alkyl carbamates (subject to hydrolysis) is 1. The van der Waals surface area contributed by atoms with E-state index in [1.165, 1.54) is 24.3 Å². The number of carbonyl (C=O) groups is 1. The van der Waals surface area contributed by atoms with Crippen LogP contribution in [0.25, 0.3) is 0 Å². The third kappa shape index (κ3) is 6.36. The third-order valence-corrected chi connectivity index (χ3v) is 5.65. The summed E-state index contributed by atoms with van der Waals surface area (Å²) in [5, 5.41) is 9.47. The second kappa shape index (κ2) is 9.47. The molecule has 1 amide bonds. The van der Waals surface area contributed by atoms with Crippen molar-refractivity contribution in [3.63, 3.8) is 0 Å². The Hall–Kier alpha value is -3.27. The van der Waals surface area contributed by atoms with E-state index in [9.17, 15) is 17.6 Å². The molecular formula is C22H24FN3O5S. The number of aromatic nitrogens is 2. The Balaban J connectivity index is 1.85. The normalized spacial score (nSPS) is 12.9. The van der Waals surface area contributed by atoms with E-state index < -0.39 is 44.4 Å². The van der Waals surface area contributed by atoms with E-state index in [-0.39, 0.29) is 17.9 Å². The van der Waals surface area contributed by atoms with Crippen molar-refractivity contribution in [1.82, 2.24) is 15.5 Å². The van der Waals surface area contributed by atoms with Crippen LogP contribution in [0.2, 0.25) is 0 Å². The monoisotopic (exact) mass is 461 g/mol. The summed E-state index contributed by atoms with van der Waals surface area (Å²) in [6.07, 6.45) is -0.456. The highest BCUT2D eigenvalue weighted by molar-refractivity contribution is 7.90. The zero-order valence-electron chi connectivity index (χ0n) is 17.9. The van der Waals surface area contributed by atoms with Crippen molar-refractivity contribution in [2.75, 3.05) is 0 Å². The molecule has 8 nitrogen and oxygen atoms in total. The van der Waals surface area contributed by atoms with Crippen LogP contribution in [0.3, 0.4) is 0 Å². The molecule has 0 aliphatic carbocycles. The van der Waals surface area contributed by atoms with Crippen LogP contribution < -0.4 is 5.32 Å². The molecule has 1 N–H and O–H groups in total. The van der Waals surface area contributed by atoms with Crippen LogP contribution in [0.1, 0.15) is 43.8 Å². The number of amides is 1. The minimum atomic E-state index is -4.10. The highest BCUT2D eigenvalue weighted by Crippen LogP contribution is 2.23. The average Bonchev–Trinajstić information content (AvgIpc) is 3.20. The van der Waals surface area contributed by atoms with Crippen molar-refractivity contribution < 1.29 is 26.8 Å². The maximum absolute atomic E-state index is 13.9. The number of hydrogen-bond acceptors (Lipinski definition) is 7. The van der Waals surface area contributed by atoms with E-state index in [1.54, 1.807) is 20.8 Å². The first-order valence-electron chi connectivity index (χ1n) is 9.86. The Morgan fingerprint density at radius 3 is 2.41 bits per heavy atom. The predicted molar refractivity (Wildman–Crippen MR) is 114 cm³/mol. The summed E-state index contributed by atoms with van der Waals surface area (Å²) in [4.78, 5) is 12.3. The molecule has 170 valence electrons. The van der Waals surface area contributed by atoms with E-state index >= 15 is 0 Å². The molecule has 0 aliphatic rings. The molecule has 0 radical (unpaired) electrons. The Bertz CT molecular complexity index is 1170. The lowest BCUT2D eigenvalue weighted by Crippen LogP contribution is -2.36. The number of halogens is 1. The molecule has 32 heavy (non-hydrogen) atoms. The minimum absolute atomic E-state index is 0.0139. The number of sulfone groups is 1. The van der Waals surface area contributed by atoms with Gasteiger partial charge in [0.1, 0.15) is 17.5 Å². The highest BCUT2D eigenvalue weighted by Gasteiger charge is 2.29. The topological polar surface area (TPSA) is 111 Å². The molecule has 1 aromatic heterocycles. The van der Waals surface area contributed by atoms with E-state index in [1.807, 2.05) is 30.3 Å². The van der Waals surface area contributed by atoms with Crippen LogP contribution in [-0.2, 0) is 26.7 Å². The summed E-state index contributed by atoms with van der Waals surface area (Å²) in [6, 6.07) is 13.9. The van der Waals surface area contributed by atoms with Gasteiger partial charge in [-0.3, -0.25) is 0 Å². The van der Waals surface area contributed by atoms with Gasteiger partial charge >= 0.3 is 11.3 Å². The number of benzene rings is 2. The zero-order chi connectivity index (χ0) is 23.4. The number of nitrogens with zero attached hydrogens (tertiary/aromatic N) is 2. The molecule has 1 heterocycles. The number of carbonyl (C=O) groups excluding carboxylic acids is 1. The van der Waals surface area contributed by atoms with Gasteiger partial charge in [-0.15, -0.1) is 5.10 Å². The predicted octanol–water partition coefficient (Wildman–Crippen LogP) is 3.99. The van der Waals surface area contributed by atoms with Gasteiger partial charge < -0.3 is 14.5 Å². The zero-order valence-corrected chi connectivity index (χ0v) is 18.7. The number of rotatable bonds is 7. The van der Waals surface area contributed by atoms with Gasteiger partial charge in [0.25, 0.3) is 0 Å². The molecular weight excluding hydrogens is 437 g/mol. The molecule has 2 aromatic carbocycles. The molecule has 0 spiro atoms. The highest BCUT2D eigenvalue weighted by atomic mass is 32.2. The molecule has 0 bridgehead atoms. The lowest BCUT2D eigenvalue weighted by Gasteiger charge is -2.22. The lowest BCUT2D eigenvalue weighted by atomic mass is 10.1. The second-order valence-electron chi connectivity index (χ2n) is 8.15. The summed E-state index contributed by atoms with van der Waals surface area (Å²) in [7, 11) is -4.10. The molecule has 0 saturated carbocycles. The summed E-state index contributed by atoms with van der Waals surface area (Å²) in [6.45, 7) is 5.16. The molecule has 0 unspecified atom stereocenters. The molecule has 3 aromatic rings. The number of ether oxygens (including phenoxy) is 1. The first-order chi connectivity index (χ1) is 15.0. The van der Waals surface area contributed by atoms with E-state index in [2.05, 4.69) is 15.5 Å². The van der Waals surface area contributed by atoms with Crippen molar-refractivity contribution in [3.8, 4) is 0 Å². The molecule has 0 saturated heterocycles. The van der Waals surface area contributed by atoms with Crippen LogP contribution in [0.5, 0.6) is 0 Å². The maximum Gasteiger partial charge on any atom is 0.408 e. The fraction of sp³-hybridized carbons (Fsp3) is 0.318. The van der Waals surface area contributed by atoms with Gasteiger partial charge in [0.05, 0.1) is 5.75 Å². The van der Waals surface area contributed by atoms with Crippen molar-refractivity contribution >= 4 is 15.9 Å². The smallest absolute Gasteiger partial charge is 0.408 e. The van der Waals surface area contributed by atoms with E-state index in [0.29, 0.717) is 0 Å². The summed E-state index contributed by atoms with van der Waals surface area (Å²) < 4.78 is 50.0. The van der Waals surface area contributed by atoms with Crippen molar-refractivity contribution in [2.45, 2.75) is 49.8 Å². The Morgan fingerprint density at radius 1 is 1.09 bits per heavy atom. The van der Waals surface area contributed by atoms with Crippen LogP contribution in [0.15, 0.2) is 64.2 Å². The van der Waals surface area contributed by atoms with Crippen molar-refractivity contribution in [3.05, 3.63) is 77.4 Å². The Kier molecular flexibility index (Phi) is 6.93. The van der Waals surface area contributed by atoms with Crippen molar-refractivity contribution in [2.24, 2.45) is 0 Å². The van der Waals surface area contributed by atoms with Gasteiger partial charge in [0.2, 0.25) is 15.7 Å².